The van der Waals surface area contributed by atoms with Gasteiger partial charge in [-0.1, -0.05) is 15.9 Å². The number of rotatable bonds is 5. The maximum atomic E-state index is 12.1. The molecule has 1 fully saturated rings. The Hall–Kier alpha value is -1.99. The number of aromatic nitrogens is 2. The lowest BCUT2D eigenvalue weighted by molar-refractivity contribution is 0.0853. The number of amides is 1. The number of nitrogens with one attached hydrogen (secondary N) is 2. The SMILES string of the molecule is Cc1cc(Nc2cnc(C(=O)NCC3CCCO3)cn2)ccc1Br. The van der Waals surface area contributed by atoms with E-state index in [0.717, 1.165) is 35.2 Å². The third-order valence-electron chi connectivity index (χ3n) is 3.83. The third kappa shape index (κ3) is 4.30. The molecule has 1 aromatic heterocycles. The van der Waals surface area contributed by atoms with Crippen molar-refractivity contribution in [2.45, 2.75) is 25.9 Å². The number of hydrogen-bond acceptors (Lipinski definition) is 5. The first-order valence-electron chi connectivity index (χ1n) is 7.87. The first-order valence-corrected chi connectivity index (χ1v) is 8.66. The molecule has 0 saturated carbocycles. The van der Waals surface area contributed by atoms with E-state index in [0.29, 0.717) is 18.1 Å². The van der Waals surface area contributed by atoms with Crippen LogP contribution in [-0.4, -0.2) is 35.1 Å². The van der Waals surface area contributed by atoms with Crippen molar-refractivity contribution < 1.29 is 9.53 Å². The van der Waals surface area contributed by atoms with Gasteiger partial charge in [0.05, 0.1) is 18.5 Å². The van der Waals surface area contributed by atoms with Gasteiger partial charge in [0.2, 0.25) is 0 Å². The number of anilines is 2. The standard InChI is InChI=1S/C17H19BrN4O2/c1-11-7-12(4-5-14(11)18)22-16-10-19-15(9-20-16)17(23)21-8-13-3-2-6-24-13/h4-5,7,9-10,13H,2-3,6,8H2,1H3,(H,20,22)(H,21,23). The average Bonchev–Trinajstić information content (AvgIpc) is 3.10. The molecule has 24 heavy (non-hydrogen) atoms. The fourth-order valence-corrected chi connectivity index (χ4v) is 2.73. The Bertz CT molecular complexity index is 715. The summed E-state index contributed by atoms with van der Waals surface area (Å²) in [7, 11) is 0. The van der Waals surface area contributed by atoms with Crippen molar-refractivity contribution in [3.63, 3.8) is 0 Å². The molecule has 2 heterocycles. The summed E-state index contributed by atoms with van der Waals surface area (Å²) in [5.74, 6) is 0.358. The average molecular weight is 391 g/mol. The first kappa shape index (κ1) is 16.9. The summed E-state index contributed by atoms with van der Waals surface area (Å²) in [6.07, 6.45) is 5.18. The van der Waals surface area contributed by atoms with Gasteiger partial charge in [-0.15, -0.1) is 0 Å². The van der Waals surface area contributed by atoms with Crippen molar-refractivity contribution in [3.05, 3.63) is 46.3 Å². The first-order chi connectivity index (χ1) is 11.6. The molecule has 1 amide bonds. The number of ether oxygens (including phenoxy) is 1. The van der Waals surface area contributed by atoms with Crippen LogP contribution >= 0.6 is 15.9 Å². The highest BCUT2D eigenvalue weighted by atomic mass is 79.9. The van der Waals surface area contributed by atoms with Crippen LogP contribution < -0.4 is 10.6 Å². The lowest BCUT2D eigenvalue weighted by Crippen LogP contribution is -2.32. The van der Waals surface area contributed by atoms with Crippen molar-refractivity contribution in [1.82, 2.24) is 15.3 Å². The Morgan fingerprint density at radius 1 is 1.38 bits per heavy atom. The number of halogens is 1. The van der Waals surface area contributed by atoms with E-state index >= 15 is 0 Å². The van der Waals surface area contributed by atoms with Crippen molar-refractivity contribution in [1.29, 1.82) is 0 Å². The van der Waals surface area contributed by atoms with Crippen LogP contribution in [-0.2, 0) is 4.74 Å². The van der Waals surface area contributed by atoms with Crippen LogP contribution in [0.15, 0.2) is 35.1 Å². The van der Waals surface area contributed by atoms with Crippen LogP contribution in [0.4, 0.5) is 11.5 Å². The number of carbonyl (C=O) groups excluding carboxylic acids is 1. The molecule has 1 aliphatic heterocycles. The molecule has 0 bridgehead atoms. The van der Waals surface area contributed by atoms with E-state index in [1.54, 1.807) is 6.20 Å². The van der Waals surface area contributed by atoms with E-state index < -0.39 is 0 Å². The smallest absolute Gasteiger partial charge is 0.271 e. The number of nitrogens with zero attached hydrogens (tertiary/aromatic N) is 2. The second-order valence-corrected chi connectivity index (χ2v) is 6.58. The summed E-state index contributed by atoms with van der Waals surface area (Å²) in [6, 6.07) is 5.92. The van der Waals surface area contributed by atoms with Gasteiger partial charge >= 0.3 is 0 Å². The summed E-state index contributed by atoms with van der Waals surface area (Å²) in [6.45, 7) is 3.30. The van der Waals surface area contributed by atoms with Crippen LogP contribution in [0.5, 0.6) is 0 Å². The molecule has 0 spiro atoms. The molecule has 1 unspecified atom stereocenters. The van der Waals surface area contributed by atoms with Crippen molar-refractivity contribution in [2.75, 3.05) is 18.5 Å². The summed E-state index contributed by atoms with van der Waals surface area (Å²) in [4.78, 5) is 20.5. The molecule has 3 rings (SSSR count). The molecule has 6 nitrogen and oxygen atoms in total. The quantitative estimate of drug-likeness (QED) is 0.819. The van der Waals surface area contributed by atoms with Crippen LogP contribution in [0, 0.1) is 6.92 Å². The number of carbonyl (C=O) groups is 1. The van der Waals surface area contributed by atoms with E-state index in [-0.39, 0.29) is 12.0 Å². The van der Waals surface area contributed by atoms with Gasteiger partial charge in [-0.25, -0.2) is 9.97 Å². The Balaban J connectivity index is 1.57. The van der Waals surface area contributed by atoms with E-state index in [2.05, 4.69) is 36.5 Å². The summed E-state index contributed by atoms with van der Waals surface area (Å²) >= 11 is 3.47. The summed E-state index contributed by atoms with van der Waals surface area (Å²) in [5, 5.41) is 6.00. The molecule has 7 heteroatoms. The van der Waals surface area contributed by atoms with E-state index in [1.807, 2.05) is 25.1 Å². The molecule has 1 aliphatic rings. The fourth-order valence-electron chi connectivity index (χ4n) is 2.48. The highest BCUT2D eigenvalue weighted by Crippen LogP contribution is 2.22. The van der Waals surface area contributed by atoms with E-state index in [9.17, 15) is 4.79 Å². The Kier molecular flexibility index (Phi) is 5.42. The van der Waals surface area contributed by atoms with E-state index in [1.165, 1.54) is 6.20 Å². The van der Waals surface area contributed by atoms with Gasteiger partial charge in [0.25, 0.3) is 5.91 Å². The molecular formula is C17H19BrN4O2. The number of aryl methyl sites for hydroxylation is 1. The number of benzene rings is 1. The third-order valence-corrected chi connectivity index (χ3v) is 4.72. The van der Waals surface area contributed by atoms with Gasteiger partial charge in [0, 0.05) is 23.3 Å². The van der Waals surface area contributed by atoms with Gasteiger partial charge < -0.3 is 15.4 Å². The summed E-state index contributed by atoms with van der Waals surface area (Å²) in [5.41, 5.74) is 2.34. The molecule has 0 radical (unpaired) electrons. The fraction of sp³-hybridized carbons (Fsp3) is 0.353. The highest BCUT2D eigenvalue weighted by Gasteiger charge is 2.17. The minimum atomic E-state index is -0.232. The van der Waals surface area contributed by atoms with Crippen molar-refractivity contribution in [2.24, 2.45) is 0 Å². The number of hydrogen-bond donors (Lipinski definition) is 2. The predicted octanol–water partition coefficient (Wildman–Crippen LogP) is 3.20. The maximum Gasteiger partial charge on any atom is 0.271 e. The molecule has 126 valence electrons. The van der Waals surface area contributed by atoms with Gasteiger partial charge in [-0.05, 0) is 43.5 Å². The van der Waals surface area contributed by atoms with Crippen LogP contribution in [0.25, 0.3) is 0 Å². The summed E-state index contributed by atoms with van der Waals surface area (Å²) < 4.78 is 6.53. The van der Waals surface area contributed by atoms with Crippen LogP contribution in [0.1, 0.15) is 28.9 Å². The topological polar surface area (TPSA) is 76.1 Å². The highest BCUT2D eigenvalue weighted by molar-refractivity contribution is 9.10. The Morgan fingerprint density at radius 3 is 2.92 bits per heavy atom. The van der Waals surface area contributed by atoms with Crippen LogP contribution in [0.3, 0.4) is 0 Å². The lowest BCUT2D eigenvalue weighted by atomic mass is 10.2. The largest absolute Gasteiger partial charge is 0.376 e. The zero-order chi connectivity index (χ0) is 16.9. The monoisotopic (exact) mass is 390 g/mol. The normalized spacial score (nSPS) is 16.8. The molecule has 2 N–H and O–H groups in total. The molecule has 1 saturated heterocycles. The maximum absolute atomic E-state index is 12.1. The van der Waals surface area contributed by atoms with Crippen LogP contribution in [0.2, 0.25) is 0 Å². The van der Waals surface area contributed by atoms with Crippen molar-refractivity contribution in [3.8, 4) is 0 Å². The zero-order valence-corrected chi connectivity index (χ0v) is 15.0. The molecule has 1 atom stereocenters. The van der Waals surface area contributed by atoms with Gasteiger partial charge in [0.1, 0.15) is 11.5 Å². The zero-order valence-electron chi connectivity index (χ0n) is 13.4. The molecule has 2 aromatic rings. The second-order valence-electron chi connectivity index (χ2n) is 5.72. The van der Waals surface area contributed by atoms with Gasteiger partial charge in [-0.2, -0.15) is 0 Å². The molecule has 1 aromatic carbocycles. The minimum absolute atomic E-state index is 0.114. The van der Waals surface area contributed by atoms with E-state index in [4.69, 9.17) is 4.74 Å². The Morgan fingerprint density at radius 2 is 2.25 bits per heavy atom. The van der Waals surface area contributed by atoms with Gasteiger partial charge in [0.15, 0.2) is 0 Å². The van der Waals surface area contributed by atoms with Gasteiger partial charge in [-0.3, -0.25) is 4.79 Å². The molecular weight excluding hydrogens is 372 g/mol. The second kappa shape index (κ2) is 7.72. The minimum Gasteiger partial charge on any atom is -0.376 e. The Labute approximate surface area is 149 Å². The lowest BCUT2D eigenvalue weighted by Gasteiger charge is -2.11. The molecule has 0 aliphatic carbocycles. The van der Waals surface area contributed by atoms with Crippen molar-refractivity contribution >= 4 is 33.3 Å². The predicted molar refractivity (Wildman–Crippen MR) is 95.5 cm³/mol.